The average molecular weight is 456 g/mol. The minimum Gasteiger partial charge on any atom is -0.492 e. The van der Waals surface area contributed by atoms with Gasteiger partial charge in [-0.15, -0.1) is 0 Å². The van der Waals surface area contributed by atoms with Crippen molar-refractivity contribution in [3.05, 3.63) is 59.4 Å². The summed E-state index contributed by atoms with van der Waals surface area (Å²) in [6, 6.07) is 11.4. The zero-order valence-corrected chi connectivity index (χ0v) is 20.1. The molecule has 178 valence electrons. The van der Waals surface area contributed by atoms with E-state index in [9.17, 15) is 14.3 Å². The third kappa shape index (κ3) is 7.02. The molecule has 0 saturated heterocycles. The molecule has 1 amide bonds. The minimum absolute atomic E-state index is 0.0645. The van der Waals surface area contributed by atoms with E-state index in [0.717, 1.165) is 22.6 Å². The number of carbonyl (C=O) groups is 1. The number of hydrogen-bond acceptors (Lipinski definition) is 4. The second-order valence-corrected chi connectivity index (χ2v) is 9.82. The van der Waals surface area contributed by atoms with Gasteiger partial charge in [-0.05, 0) is 59.9 Å². The maximum absolute atomic E-state index is 13.0. The summed E-state index contributed by atoms with van der Waals surface area (Å²) in [5, 5.41) is 13.5. The summed E-state index contributed by atoms with van der Waals surface area (Å²) in [7, 11) is 1.93. The van der Waals surface area contributed by atoms with E-state index in [1.54, 1.807) is 12.1 Å². The molecule has 0 fully saturated rings. The van der Waals surface area contributed by atoms with E-state index in [2.05, 4.69) is 5.32 Å². The zero-order valence-electron chi connectivity index (χ0n) is 20.1. The van der Waals surface area contributed by atoms with Crippen LogP contribution in [0.25, 0.3) is 0 Å². The molecule has 1 aliphatic carbocycles. The molecule has 0 heterocycles. The molecule has 0 bridgehead atoms. The Morgan fingerprint density at radius 3 is 2.61 bits per heavy atom. The van der Waals surface area contributed by atoms with Crippen molar-refractivity contribution in [1.82, 2.24) is 10.2 Å². The topological polar surface area (TPSA) is 74.2 Å². The van der Waals surface area contributed by atoms with E-state index in [1.165, 1.54) is 12.1 Å². The number of amides is 1. The summed E-state index contributed by atoms with van der Waals surface area (Å²) in [4.78, 5) is 19.1. The van der Waals surface area contributed by atoms with Crippen LogP contribution in [0.3, 0.4) is 0 Å². The number of aliphatic imine (C=N–C) groups is 1. The maximum Gasteiger partial charge on any atom is 0.221 e. The molecule has 3 rings (SSSR count). The number of nitrogens with zero attached hydrogens (tertiary/aromatic N) is 2. The Bertz CT molecular complexity index is 999. The van der Waals surface area contributed by atoms with Crippen LogP contribution in [0.4, 0.5) is 10.1 Å². The van der Waals surface area contributed by atoms with E-state index in [4.69, 9.17) is 9.73 Å². The Hall–Kier alpha value is -2.93. The van der Waals surface area contributed by atoms with Gasteiger partial charge in [0.15, 0.2) is 0 Å². The second kappa shape index (κ2) is 10.3. The molecule has 2 atom stereocenters. The quantitative estimate of drug-likeness (QED) is 0.480. The second-order valence-electron chi connectivity index (χ2n) is 9.82. The summed E-state index contributed by atoms with van der Waals surface area (Å²) in [5.74, 6) is 1.08. The molecule has 0 saturated carbocycles. The molecule has 33 heavy (non-hydrogen) atoms. The number of fused-ring (bicyclic) bond motifs is 1. The Labute approximate surface area is 195 Å². The van der Waals surface area contributed by atoms with Crippen LogP contribution in [-0.4, -0.2) is 48.1 Å². The van der Waals surface area contributed by atoms with E-state index in [1.807, 2.05) is 57.8 Å². The summed E-state index contributed by atoms with van der Waals surface area (Å²) >= 11 is 0. The monoisotopic (exact) mass is 455 g/mol. The van der Waals surface area contributed by atoms with E-state index in [-0.39, 0.29) is 17.1 Å². The fraction of sp³-hybridized carbons (Fsp3) is 0.462. The molecule has 2 N–H and O–H groups in total. The summed E-state index contributed by atoms with van der Waals surface area (Å²) in [6.45, 7) is 9.02. The molecule has 2 aromatic rings. The van der Waals surface area contributed by atoms with Crippen molar-refractivity contribution in [2.45, 2.75) is 52.7 Å². The number of ether oxygens (including phenoxy) is 1. The number of rotatable bonds is 7. The number of likely N-dealkylation sites (N-methyl/N-ethyl adjacent to an activating group) is 1. The number of carbonyl (C=O) groups excluding carboxylic acids is 1. The zero-order chi connectivity index (χ0) is 24.2. The van der Waals surface area contributed by atoms with E-state index < -0.39 is 12.1 Å². The molecule has 6 nitrogen and oxygen atoms in total. The van der Waals surface area contributed by atoms with Gasteiger partial charge in [0.1, 0.15) is 24.0 Å². The van der Waals surface area contributed by atoms with E-state index >= 15 is 0 Å². The van der Waals surface area contributed by atoms with Gasteiger partial charge in [-0.2, -0.15) is 0 Å². The highest BCUT2D eigenvalue weighted by atomic mass is 19.1. The Morgan fingerprint density at radius 1 is 1.24 bits per heavy atom. The molecule has 0 aromatic heterocycles. The van der Waals surface area contributed by atoms with Crippen LogP contribution in [0.15, 0.2) is 47.5 Å². The van der Waals surface area contributed by atoms with Crippen molar-refractivity contribution in [3.63, 3.8) is 0 Å². The first kappa shape index (κ1) is 24.7. The number of nitrogens with one attached hydrogen (secondary N) is 1. The van der Waals surface area contributed by atoms with Gasteiger partial charge in [0.2, 0.25) is 5.91 Å². The first-order valence-corrected chi connectivity index (χ1v) is 11.3. The van der Waals surface area contributed by atoms with Gasteiger partial charge >= 0.3 is 0 Å². The fourth-order valence-electron chi connectivity index (χ4n) is 3.82. The van der Waals surface area contributed by atoms with Crippen molar-refractivity contribution in [2.75, 3.05) is 20.2 Å². The van der Waals surface area contributed by atoms with Gasteiger partial charge in [0.05, 0.1) is 24.4 Å². The van der Waals surface area contributed by atoms with Crippen LogP contribution < -0.4 is 10.1 Å². The maximum atomic E-state index is 13.0. The lowest BCUT2D eigenvalue weighted by atomic mass is 9.91. The number of aliphatic hydroxyl groups excluding tert-OH is 1. The number of benzene rings is 2. The number of amidine groups is 1. The van der Waals surface area contributed by atoms with Gasteiger partial charge < -0.3 is 20.1 Å². The van der Waals surface area contributed by atoms with Crippen molar-refractivity contribution >= 4 is 17.4 Å². The smallest absolute Gasteiger partial charge is 0.221 e. The number of aliphatic hydroxyl groups is 1. The van der Waals surface area contributed by atoms with Gasteiger partial charge in [0, 0.05) is 19.9 Å². The van der Waals surface area contributed by atoms with Gasteiger partial charge in [-0.1, -0.05) is 26.8 Å². The Kier molecular flexibility index (Phi) is 7.74. The first-order chi connectivity index (χ1) is 15.5. The third-order valence-corrected chi connectivity index (χ3v) is 5.64. The molecular formula is C26H34FN3O3. The Morgan fingerprint density at radius 2 is 1.94 bits per heavy atom. The molecule has 1 aliphatic rings. The first-order valence-electron chi connectivity index (χ1n) is 11.3. The van der Waals surface area contributed by atoms with Gasteiger partial charge in [0.25, 0.3) is 0 Å². The van der Waals surface area contributed by atoms with Gasteiger partial charge in [-0.25, -0.2) is 9.38 Å². The highest BCUT2D eigenvalue weighted by Crippen LogP contribution is 2.35. The molecule has 0 radical (unpaired) electrons. The number of halogens is 1. The minimum atomic E-state index is -0.643. The fourth-order valence-corrected chi connectivity index (χ4v) is 3.82. The lowest BCUT2D eigenvalue weighted by Crippen LogP contribution is -2.35. The summed E-state index contributed by atoms with van der Waals surface area (Å²) in [5.41, 5.74) is 2.59. The molecule has 0 aliphatic heterocycles. The Balaban J connectivity index is 1.63. The molecule has 7 heteroatoms. The van der Waals surface area contributed by atoms with E-state index in [0.29, 0.717) is 31.7 Å². The highest BCUT2D eigenvalue weighted by molar-refractivity contribution is 5.82. The van der Waals surface area contributed by atoms with Crippen molar-refractivity contribution in [1.29, 1.82) is 0 Å². The van der Waals surface area contributed by atoms with Gasteiger partial charge in [-0.3, -0.25) is 4.79 Å². The standard InChI is InChI=1S/C26H34FN3O3/c1-17(30(5)12-13-33-21-10-7-19(27)8-11-21)28-20-9-6-18-14-23(31)25(22(18)15-20)29-24(32)16-26(2,3)4/h6-11,15,23,25,31H,12-14,16H2,1-5H3,(H,29,32)/t23-,25-/m1/s1. The lowest BCUT2D eigenvalue weighted by Gasteiger charge is -2.22. The largest absolute Gasteiger partial charge is 0.492 e. The highest BCUT2D eigenvalue weighted by Gasteiger charge is 2.33. The predicted molar refractivity (Wildman–Crippen MR) is 128 cm³/mol. The van der Waals surface area contributed by atoms with Crippen molar-refractivity contribution < 1.29 is 19.0 Å². The average Bonchev–Trinajstić information content (AvgIpc) is 3.02. The number of hydrogen-bond donors (Lipinski definition) is 2. The molecule has 0 unspecified atom stereocenters. The van der Waals surface area contributed by atoms with Crippen molar-refractivity contribution in [2.24, 2.45) is 10.4 Å². The molecule has 0 spiro atoms. The van der Waals surface area contributed by atoms with Crippen molar-refractivity contribution in [3.8, 4) is 5.75 Å². The van der Waals surface area contributed by atoms with Crippen LogP contribution in [0.5, 0.6) is 5.75 Å². The molecular weight excluding hydrogens is 421 g/mol. The third-order valence-electron chi connectivity index (χ3n) is 5.64. The SMILES string of the molecule is CC(=Nc1ccc2c(c1)[C@@H](NC(=O)CC(C)(C)C)[C@H](O)C2)N(C)CCOc1ccc(F)cc1. The predicted octanol–water partition coefficient (Wildman–Crippen LogP) is 4.40. The van der Waals surface area contributed by atoms with Crippen LogP contribution in [0, 0.1) is 11.2 Å². The van der Waals surface area contributed by atoms with Crippen LogP contribution >= 0.6 is 0 Å². The van der Waals surface area contributed by atoms with Crippen LogP contribution in [-0.2, 0) is 11.2 Å². The summed E-state index contributed by atoms with van der Waals surface area (Å²) < 4.78 is 18.7. The van der Waals surface area contributed by atoms with Crippen LogP contribution in [0.1, 0.15) is 51.3 Å². The van der Waals surface area contributed by atoms with Crippen LogP contribution in [0.2, 0.25) is 0 Å². The normalized spacial score (nSPS) is 18.1. The lowest BCUT2D eigenvalue weighted by molar-refractivity contribution is -0.124. The summed E-state index contributed by atoms with van der Waals surface area (Å²) in [6.07, 6.45) is 0.266. The molecule has 2 aromatic carbocycles.